The SMILES string of the molecule is NC(Cc1cc(F)ccc1Cl)Cc1cccc(F)c1F. The van der Waals surface area contributed by atoms with Gasteiger partial charge in [0.25, 0.3) is 0 Å². The summed E-state index contributed by atoms with van der Waals surface area (Å²) in [5.74, 6) is -2.21. The third kappa shape index (κ3) is 3.52. The second-order valence-electron chi connectivity index (χ2n) is 4.62. The molecule has 5 heteroatoms. The molecule has 2 aromatic carbocycles. The van der Waals surface area contributed by atoms with E-state index < -0.39 is 23.5 Å². The Labute approximate surface area is 120 Å². The molecule has 2 N–H and O–H groups in total. The molecule has 0 spiro atoms. The summed E-state index contributed by atoms with van der Waals surface area (Å²) in [5.41, 5.74) is 6.66. The quantitative estimate of drug-likeness (QED) is 0.911. The fraction of sp³-hybridized carbons (Fsp3) is 0.200. The molecule has 0 saturated carbocycles. The van der Waals surface area contributed by atoms with Crippen molar-refractivity contribution < 1.29 is 13.2 Å². The van der Waals surface area contributed by atoms with Gasteiger partial charge in [0.1, 0.15) is 5.82 Å². The van der Waals surface area contributed by atoms with E-state index >= 15 is 0 Å². The highest BCUT2D eigenvalue weighted by Crippen LogP contribution is 2.20. The van der Waals surface area contributed by atoms with Crippen molar-refractivity contribution in [2.45, 2.75) is 18.9 Å². The van der Waals surface area contributed by atoms with E-state index in [1.165, 1.54) is 30.3 Å². The number of hydrogen-bond acceptors (Lipinski definition) is 1. The summed E-state index contributed by atoms with van der Waals surface area (Å²) in [4.78, 5) is 0. The number of nitrogens with two attached hydrogens (primary N) is 1. The molecule has 20 heavy (non-hydrogen) atoms. The number of rotatable bonds is 4. The number of hydrogen-bond donors (Lipinski definition) is 1. The molecule has 2 rings (SSSR count). The normalized spacial score (nSPS) is 12.4. The highest BCUT2D eigenvalue weighted by atomic mass is 35.5. The van der Waals surface area contributed by atoms with Crippen LogP contribution in [-0.4, -0.2) is 6.04 Å². The van der Waals surface area contributed by atoms with E-state index in [2.05, 4.69) is 0 Å². The monoisotopic (exact) mass is 299 g/mol. The molecule has 0 radical (unpaired) electrons. The molecular formula is C15H13ClF3N. The highest BCUT2D eigenvalue weighted by molar-refractivity contribution is 6.31. The molecule has 1 atom stereocenters. The van der Waals surface area contributed by atoms with Crippen molar-refractivity contribution in [3.05, 3.63) is 70.0 Å². The van der Waals surface area contributed by atoms with Crippen molar-refractivity contribution in [2.24, 2.45) is 5.73 Å². The summed E-state index contributed by atoms with van der Waals surface area (Å²) in [6.07, 6.45) is 0.434. The average Bonchev–Trinajstić information content (AvgIpc) is 2.39. The zero-order valence-electron chi connectivity index (χ0n) is 10.5. The third-order valence-corrected chi connectivity index (χ3v) is 3.37. The van der Waals surface area contributed by atoms with E-state index in [9.17, 15) is 13.2 Å². The van der Waals surface area contributed by atoms with Crippen molar-refractivity contribution >= 4 is 11.6 Å². The first kappa shape index (κ1) is 14.9. The van der Waals surface area contributed by atoms with Crippen LogP contribution in [0.2, 0.25) is 5.02 Å². The lowest BCUT2D eigenvalue weighted by molar-refractivity contribution is 0.492. The molecule has 0 aliphatic carbocycles. The van der Waals surface area contributed by atoms with Gasteiger partial charge in [0.15, 0.2) is 11.6 Å². The molecule has 0 saturated heterocycles. The van der Waals surface area contributed by atoms with Crippen LogP contribution in [0.15, 0.2) is 36.4 Å². The first-order chi connectivity index (χ1) is 9.47. The van der Waals surface area contributed by atoms with Crippen LogP contribution in [0.3, 0.4) is 0 Å². The Morgan fingerprint density at radius 3 is 2.45 bits per heavy atom. The lowest BCUT2D eigenvalue weighted by Gasteiger charge is -2.13. The fourth-order valence-electron chi connectivity index (χ4n) is 2.04. The molecule has 0 aliphatic rings. The Kier molecular flexibility index (Phi) is 4.68. The largest absolute Gasteiger partial charge is 0.327 e. The fourth-order valence-corrected chi connectivity index (χ4v) is 2.24. The van der Waals surface area contributed by atoms with E-state index in [0.717, 1.165) is 6.07 Å². The summed E-state index contributed by atoms with van der Waals surface area (Å²) < 4.78 is 39.7. The van der Waals surface area contributed by atoms with Gasteiger partial charge in [0.05, 0.1) is 0 Å². The predicted molar refractivity (Wildman–Crippen MR) is 73.2 cm³/mol. The van der Waals surface area contributed by atoms with Crippen LogP contribution in [-0.2, 0) is 12.8 Å². The first-order valence-electron chi connectivity index (χ1n) is 6.09. The van der Waals surface area contributed by atoms with Crippen LogP contribution >= 0.6 is 11.6 Å². The van der Waals surface area contributed by atoms with E-state index in [1.807, 2.05) is 0 Å². The Bertz CT molecular complexity index is 612. The maximum Gasteiger partial charge on any atom is 0.162 e. The van der Waals surface area contributed by atoms with Gasteiger partial charge in [0.2, 0.25) is 0 Å². The molecule has 1 unspecified atom stereocenters. The lowest BCUT2D eigenvalue weighted by atomic mass is 9.99. The Morgan fingerprint density at radius 2 is 1.70 bits per heavy atom. The summed E-state index contributed by atoms with van der Waals surface area (Å²) in [5, 5.41) is 0.404. The van der Waals surface area contributed by atoms with Gasteiger partial charge in [-0.1, -0.05) is 23.7 Å². The van der Waals surface area contributed by atoms with Gasteiger partial charge in [-0.2, -0.15) is 0 Å². The van der Waals surface area contributed by atoms with E-state index in [1.54, 1.807) is 0 Å². The summed E-state index contributed by atoms with van der Waals surface area (Å²) in [6, 6.07) is 7.47. The van der Waals surface area contributed by atoms with Gasteiger partial charge in [0, 0.05) is 11.1 Å². The predicted octanol–water partition coefficient (Wildman–Crippen LogP) is 3.87. The van der Waals surface area contributed by atoms with Gasteiger partial charge in [-0.05, 0) is 48.2 Å². The van der Waals surface area contributed by atoms with Crippen LogP contribution in [0.1, 0.15) is 11.1 Å². The van der Waals surface area contributed by atoms with Crippen molar-refractivity contribution in [3.63, 3.8) is 0 Å². The minimum Gasteiger partial charge on any atom is -0.327 e. The van der Waals surface area contributed by atoms with E-state index in [-0.39, 0.29) is 18.4 Å². The molecule has 0 bridgehead atoms. The van der Waals surface area contributed by atoms with Gasteiger partial charge < -0.3 is 5.73 Å². The Morgan fingerprint density at radius 1 is 1.00 bits per heavy atom. The molecule has 0 fully saturated rings. The summed E-state index contributed by atoms with van der Waals surface area (Å²) in [6.45, 7) is 0. The van der Waals surface area contributed by atoms with Crippen LogP contribution in [0.5, 0.6) is 0 Å². The smallest absolute Gasteiger partial charge is 0.162 e. The first-order valence-corrected chi connectivity index (χ1v) is 6.47. The standard InChI is InChI=1S/C15H13ClF3N/c16-13-5-4-11(17)6-10(13)8-12(20)7-9-2-1-3-14(18)15(9)19/h1-6,12H,7-8,20H2. The van der Waals surface area contributed by atoms with Gasteiger partial charge in [-0.15, -0.1) is 0 Å². The lowest BCUT2D eigenvalue weighted by Crippen LogP contribution is -2.26. The summed E-state index contributed by atoms with van der Waals surface area (Å²) in [7, 11) is 0. The molecule has 2 aromatic rings. The Hall–Kier alpha value is -1.52. The van der Waals surface area contributed by atoms with Crippen LogP contribution in [0.25, 0.3) is 0 Å². The van der Waals surface area contributed by atoms with Crippen molar-refractivity contribution in [3.8, 4) is 0 Å². The topological polar surface area (TPSA) is 26.0 Å². The maximum atomic E-state index is 13.5. The van der Waals surface area contributed by atoms with Crippen LogP contribution < -0.4 is 5.73 Å². The van der Waals surface area contributed by atoms with Gasteiger partial charge in [-0.25, -0.2) is 13.2 Å². The highest BCUT2D eigenvalue weighted by Gasteiger charge is 2.13. The van der Waals surface area contributed by atoms with Gasteiger partial charge in [-0.3, -0.25) is 0 Å². The van der Waals surface area contributed by atoms with Crippen LogP contribution in [0, 0.1) is 17.5 Å². The maximum absolute atomic E-state index is 13.5. The van der Waals surface area contributed by atoms with Crippen LogP contribution in [0.4, 0.5) is 13.2 Å². The van der Waals surface area contributed by atoms with Gasteiger partial charge >= 0.3 is 0 Å². The summed E-state index contributed by atoms with van der Waals surface area (Å²) >= 11 is 5.94. The third-order valence-electron chi connectivity index (χ3n) is 3.00. The zero-order chi connectivity index (χ0) is 14.7. The number of halogens is 4. The Balaban J connectivity index is 2.11. The van der Waals surface area contributed by atoms with E-state index in [0.29, 0.717) is 10.6 Å². The van der Waals surface area contributed by atoms with Crippen molar-refractivity contribution in [1.82, 2.24) is 0 Å². The minimum atomic E-state index is -0.904. The molecule has 0 aliphatic heterocycles. The average molecular weight is 300 g/mol. The molecule has 106 valence electrons. The second kappa shape index (κ2) is 6.29. The molecule has 0 heterocycles. The second-order valence-corrected chi connectivity index (χ2v) is 5.02. The van der Waals surface area contributed by atoms with E-state index in [4.69, 9.17) is 17.3 Å². The zero-order valence-corrected chi connectivity index (χ0v) is 11.3. The number of benzene rings is 2. The van der Waals surface area contributed by atoms with Crippen molar-refractivity contribution in [1.29, 1.82) is 0 Å². The molecule has 0 amide bonds. The minimum absolute atomic E-state index is 0.149. The molecule has 0 aromatic heterocycles. The molecular weight excluding hydrogens is 287 g/mol. The molecule has 1 nitrogen and oxygen atoms in total. The van der Waals surface area contributed by atoms with Crippen molar-refractivity contribution in [2.75, 3.05) is 0 Å².